The van der Waals surface area contributed by atoms with Gasteiger partial charge in [-0.25, -0.2) is 14.1 Å². The molecule has 2 amide bonds. The molecule has 5 heterocycles. The van der Waals surface area contributed by atoms with Crippen LogP contribution in [-0.2, 0) is 9.59 Å². The van der Waals surface area contributed by atoms with Crippen molar-refractivity contribution >= 4 is 22.8 Å². The van der Waals surface area contributed by atoms with Crippen LogP contribution in [0.4, 0.5) is 13.2 Å². The molecule has 2 atom stereocenters. The average molecular weight is 601 g/mol. The Hall–Kier alpha value is -3.94. The number of rotatable bonds is 9. The number of likely N-dealkylation sites (tertiary alicyclic amines) is 2. The number of nitrogens with zero attached hydrogens (tertiary/aromatic N) is 7. The number of alkyl halides is 3. The lowest BCUT2D eigenvalue weighted by Crippen LogP contribution is -2.65. The molecule has 6 rings (SSSR count). The number of imidazole rings is 1. The van der Waals surface area contributed by atoms with E-state index in [9.17, 15) is 18.4 Å². The number of amides is 2. The fraction of sp³-hybridized carbons (Fsp3) is 0.552. The third kappa shape index (κ3) is 5.59. The maximum Gasteiger partial charge on any atom is 0.320 e. The highest BCUT2D eigenvalue weighted by Gasteiger charge is 2.46. The molecule has 14 heteroatoms. The zero-order valence-electron chi connectivity index (χ0n) is 24.2. The largest absolute Gasteiger partial charge is 0.488 e. The summed E-state index contributed by atoms with van der Waals surface area (Å²) in [7, 11) is 0. The molecule has 11 nitrogen and oxygen atoms in total. The Bertz CT molecular complexity index is 1540. The Balaban J connectivity index is 1.18. The van der Waals surface area contributed by atoms with Gasteiger partial charge in [-0.05, 0) is 44.9 Å². The first kappa shape index (κ1) is 29.1. The summed E-state index contributed by atoms with van der Waals surface area (Å²) in [4.78, 5) is 31.2. The maximum absolute atomic E-state index is 15.1. The fourth-order valence-corrected chi connectivity index (χ4v) is 6.46. The number of carbonyl (C=O) groups is 2. The Morgan fingerprint density at radius 2 is 2.02 bits per heavy atom. The van der Waals surface area contributed by atoms with Crippen molar-refractivity contribution in [3.63, 3.8) is 0 Å². The summed E-state index contributed by atoms with van der Waals surface area (Å²) in [5.74, 6) is -0.160. The molecular weight excluding hydrogens is 565 g/mol. The Labute approximate surface area is 246 Å². The normalized spacial score (nSPS) is 21.7. The van der Waals surface area contributed by atoms with Gasteiger partial charge in [-0.2, -0.15) is 8.78 Å². The summed E-state index contributed by atoms with van der Waals surface area (Å²) in [5, 5.41) is 11.7. The minimum absolute atomic E-state index is 0.0612. The molecule has 43 heavy (non-hydrogen) atoms. The van der Waals surface area contributed by atoms with Gasteiger partial charge in [0.1, 0.15) is 29.4 Å². The monoisotopic (exact) mass is 600 g/mol. The lowest BCUT2D eigenvalue weighted by atomic mass is 9.93. The van der Waals surface area contributed by atoms with Crippen molar-refractivity contribution in [2.45, 2.75) is 57.5 Å². The third-order valence-corrected chi connectivity index (χ3v) is 8.88. The van der Waals surface area contributed by atoms with Crippen LogP contribution in [0, 0.1) is 12.8 Å². The second-order valence-corrected chi connectivity index (χ2v) is 11.9. The summed E-state index contributed by atoms with van der Waals surface area (Å²) >= 11 is 0. The van der Waals surface area contributed by atoms with Crippen molar-refractivity contribution < 1.29 is 27.5 Å². The van der Waals surface area contributed by atoms with E-state index in [0.29, 0.717) is 42.8 Å². The number of hydrogen-bond acceptors (Lipinski definition) is 7. The number of carbonyl (C=O) groups excluding carboxylic acids is 2. The SMILES string of the molecule is C=CC(=O)N1CC(F)(CN2CCC(n3nnc(-c4cc(OC(C)C5CNC(=O)C5)c5c(c4)ncn5C(F)F)c3C)CC2)C1. The second kappa shape index (κ2) is 11.3. The maximum atomic E-state index is 15.1. The molecule has 0 saturated carbocycles. The van der Waals surface area contributed by atoms with E-state index in [4.69, 9.17) is 4.74 Å². The highest BCUT2D eigenvalue weighted by atomic mass is 19.3. The standard InChI is InChI=1S/C29H35F3N8O3/c1-4-25(42)38-14-29(32,15-38)13-37-7-5-21(6-8-37)40-17(2)26(35-36-40)19-9-22-27(39(16-34-22)28(30)31)23(10-19)43-18(3)20-11-24(41)33-12-20/h4,9-10,16,18,20-21,28H,1,5-8,11-15H2,2-3H3,(H,33,41). The predicted octanol–water partition coefficient (Wildman–Crippen LogP) is 3.28. The van der Waals surface area contributed by atoms with Gasteiger partial charge in [0, 0.05) is 44.1 Å². The van der Waals surface area contributed by atoms with Crippen molar-refractivity contribution in [1.29, 1.82) is 0 Å². The summed E-state index contributed by atoms with van der Waals surface area (Å²) in [5.41, 5.74) is 1.16. The first-order chi connectivity index (χ1) is 20.5. The molecule has 2 aromatic heterocycles. The molecule has 3 aromatic rings. The molecule has 0 aliphatic carbocycles. The second-order valence-electron chi connectivity index (χ2n) is 11.9. The number of hydrogen-bond donors (Lipinski definition) is 1. The molecule has 0 spiro atoms. The fourth-order valence-electron chi connectivity index (χ4n) is 6.46. The van der Waals surface area contributed by atoms with E-state index in [1.807, 2.05) is 18.5 Å². The van der Waals surface area contributed by atoms with E-state index in [1.54, 1.807) is 12.1 Å². The quantitative estimate of drug-likeness (QED) is 0.376. The van der Waals surface area contributed by atoms with Gasteiger partial charge < -0.3 is 15.0 Å². The average Bonchev–Trinajstić information content (AvgIpc) is 3.70. The zero-order valence-corrected chi connectivity index (χ0v) is 24.2. The number of benzene rings is 1. The molecule has 3 aliphatic rings. The van der Waals surface area contributed by atoms with Crippen LogP contribution >= 0.6 is 0 Å². The number of halogens is 3. The Morgan fingerprint density at radius 1 is 1.28 bits per heavy atom. The third-order valence-electron chi connectivity index (χ3n) is 8.88. The van der Waals surface area contributed by atoms with Gasteiger partial charge >= 0.3 is 6.55 Å². The van der Waals surface area contributed by atoms with E-state index < -0.39 is 18.3 Å². The smallest absolute Gasteiger partial charge is 0.320 e. The highest BCUT2D eigenvalue weighted by molar-refractivity contribution is 5.88. The summed E-state index contributed by atoms with van der Waals surface area (Å²) in [6.07, 6.45) is 3.72. The predicted molar refractivity (Wildman–Crippen MR) is 151 cm³/mol. The molecule has 230 valence electrons. The van der Waals surface area contributed by atoms with Crippen LogP contribution in [0.5, 0.6) is 5.75 Å². The number of fused-ring (bicyclic) bond motifs is 1. The Kier molecular flexibility index (Phi) is 7.65. The van der Waals surface area contributed by atoms with E-state index in [-0.39, 0.29) is 54.7 Å². The van der Waals surface area contributed by atoms with Crippen molar-refractivity contribution in [2.24, 2.45) is 5.92 Å². The van der Waals surface area contributed by atoms with Gasteiger partial charge in [-0.3, -0.25) is 19.1 Å². The van der Waals surface area contributed by atoms with Crippen LogP contribution in [0.25, 0.3) is 22.3 Å². The first-order valence-electron chi connectivity index (χ1n) is 14.5. The van der Waals surface area contributed by atoms with Crippen LogP contribution < -0.4 is 10.1 Å². The molecule has 1 N–H and O–H groups in total. The van der Waals surface area contributed by atoms with E-state index in [0.717, 1.165) is 29.4 Å². The lowest BCUT2D eigenvalue weighted by Gasteiger charge is -2.47. The van der Waals surface area contributed by atoms with Gasteiger partial charge in [0.2, 0.25) is 11.8 Å². The molecular formula is C29H35F3N8O3. The van der Waals surface area contributed by atoms with Crippen molar-refractivity contribution in [3.05, 3.63) is 36.8 Å². The molecule has 0 radical (unpaired) electrons. The summed E-state index contributed by atoms with van der Waals surface area (Å²) < 4.78 is 51.7. The van der Waals surface area contributed by atoms with E-state index >= 15 is 4.39 Å². The minimum atomic E-state index is -2.80. The highest BCUT2D eigenvalue weighted by Crippen LogP contribution is 2.37. The number of nitrogens with one attached hydrogen (secondary N) is 1. The van der Waals surface area contributed by atoms with Gasteiger partial charge in [0.15, 0.2) is 5.67 Å². The number of aromatic nitrogens is 5. The van der Waals surface area contributed by atoms with Crippen molar-refractivity contribution in [2.75, 3.05) is 39.3 Å². The van der Waals surface area contributed by atoms with Gasteiger partial charge in [-0.1, -0.05) is 11.8 Å². The van der Waals surface area contributed by atoms with Gasteiger partial charge in [-0.15, -0.1) is 5.10 Å². The summed E-state index contributed by atoms with van der Waals surface area (Å²) in [6, 6.07) is 3.46. The Morgan fingerprint density at radius 3 is 2.67 bits per heavy atom. The molecule has 0 bridgehead atoms. The summed E-state index contributed by atoms with van der Waals surface area (Å²) in [6.45, 7) is 6.68. The van der Waals surface area contributed by atoms with E-state index in [1.165, 1.54) is 11.0 Å². The molecule has 3 saturated heterocycles. The number of ether oxygens (including phenoxy) is 1. The van der Waals surface area contributed by atoms with Crippen LogP contribution in [0.1, 0.15) is 44.5 Å². The molecule has 2 unspecified atom stereocenters. The van der Waals surface area contributed by atoms with Crippen LogP contribution in [0.3, 0.4) is 0 Å². The molecule has 1 aromatic carbocycles. The lowest BCUT2D eigenvalue weighted by molar-refractivity contribution is -0.141. The van der Waals surface area contributed by atoms with Gasteiger partial charge in [0.05, 0.1) is 30.3 Å². The van der Waals surface area contributed by atoms with Gasteiger partial charge in [0.25, 0.3) is 0 Å². The zero-order chi connectivity index (χ0) is 30.5. The van der Waals surface area contributed by atoms with Crippen LogP contribution in [-0.4, -0.2) is 97.2 Å². The first-order valence-corrected chi connectivity index (χ1v) is 14.5. The van der Waals surface area contributed by atoms with Crippen molar-refractivity contribution in [3.8, 4) is 17.0 Å². The van der Waals surface area contributed by atoms with Crippen LogP contribution in [0.2, 0.25) is 0 Å². The van der Waals surface area contributed by atoms with Crippen molar-refractivity contribution in [1.82, 2.24) is 39.7 Å². The van der Waals surface area contributed by atoms with Crippen LogP contribution in [0.15, 0.2) is 31.1 Å². The number of piperidine rings is 1. The minimum Gasteiger partial charge on any atom is -0.488 e. The molecule has 3 fully saturated rings. The van der Waals surface area contributed by atoms with E-state index in [2.05, 4.69) is 32.1 Å². The molecule has 3 aliphatic heterocycles. The topological polar surface area (TPSA) is 110 Å².